The Morgan fingerprint density at radius 3 is 2.61 bits per heavy atom. The highest BCUT2D eigenvalue weighted by Crippen LogP contribution is 2.25. The lowest BCUT2D eigenvalue weighted by Crippen LogP contribution is -2.46. The summed E-state index contributed by atoms with van der Waals surface area (Å²) >= 11 is 0. The van der Waals surface area contributed by atoms with E-state index in [2.05, 4.69) is 0 Å². The SMILES string of the molecule is O=C(O)C1C[C@@H](O)C(OCC2CCCCC2)CO1. The van der Waals surface area contributed by atoms with Crippen LogP contribution in [0, 0.1) is 5.92 Å². The van der Waals surface area contributed by atoms with Gasteiger partial charge in [0.2, 0.25) is 0 Å². The minimum Gasteiger partial charge on any atom is -0.479 e. The first-order chi connectivity index (χ1) is 8.66. The zero-order valence-corrected chi connectivity index (χ0v) is 10.6. The van der Waals surface area contributed by atoms with E-state index in [0.717, 1.165) is 0 Å². The van der Waals surface area contributed by atoms with Crippen LogP contribution in [0.3, 0.4) is 0 Å². The monoisotopic (exact) mass is 258 g/mol. The van der Waals surface area contributed by atoms with Crippen LogP contribution in [0.5, 0.6) is 0 Å². The molecule has 1 saturated carbocycles. The molecule has 0 aromatic carbocycles. The highest BCUT2D eigenvalue weighted by molar-refractivity contribution is 5.72. The molecule has 1 saturated heterocycles. The first-order valence-electron chi connectivity index (χ1n) is 6.81. The van der Waals surface area contributed by atoms with Crippen molar-refractivity contribution in [2.75, 3.05) is 13.2 Å². The molecule has 104 valence electrons. The minimum absolute atomic E-state index is 0.116. The molecule has 0 aromatic heterocycles. The second-order valence-corrected chi connectivity index (χ2v) is 5.34. The van der Waals surface area contributed by atoms with E-state index in [0.29, 0.717) is 12.5 Å². The summed E-state index contributed by atoms with van der Waals surface area (Å²) in [5.74, 6) is -0.428. The fourth-order valence-corrected chi connectivity index (χ4v) is 2.71. The zero-order chi connectivity index (χ0) is 13.0. The van der Waals surface area contributed by atoms with Gasteiger partial charge in [-0.2, -0.15) is 0 Å². The van der Waals surface area contributed by atoms with Gasteiger partial charge in [-0.1, -0.05) is 19.3 Å². The number of carboxylic acids is 1. The van der Waals surface area contributed by atoms with Gasteiger partial charge in [0.05, 0.1) is 19.3 Å². The van der Waals surface area contributed by atoms with Gasteiger partial charge < -0.3 is 19.7 Å². The normalized spacial score (nSPS) is 34.4. The Balaban J connectivity index is 1.71. The van der Waals surface area contributed by atoms with Crippen LogP contribution in [-0.4, -0.2) is 47.7 Å². The topological polar surface area (TPSA) is 76.0 Å². The van der Waals surface area contributed by atoms with E-state index in [1.165, 1.54) is 32.1 Å². The maximum Gasteiger partial charge on any atom is 0.332 e. The number of aliphatic carboxylic acids is 1. The van der Waals surface area contributed by atoms with Crippen LogP contribution in [-0.2, 0) is 14.3 Å². The fourth-order valence-electron chi connectivity index (χ4n) is 2.71. The van der Waals surface area contributed by atoms with Crippen LogP contribution < -0.4 is 0 Å². The molecule has 0 bridgehead atoms. The Morgan fingerprint density at radius 1 is 1.28 bits per heavy atom. The van der Waals surface area contributed by atoms with Gasteiger partial charge in [0.15, 0.2) is 6.10 Å². The van der Waals surface area contributed by atoms with E-state index in [9.17, 15) is 9.90 Å². The van der Waals surface area contributed by atoms with E-state index in [-0.39, 0.29) is 19.1 Å². The van der Waals surface area contributed by atoms with Crippen molar-refractivity contribution in [1.82, 2.24) is 0 Å². The molecule has 2 aliphatic rings. The number of ether oxygens (including phenoxy) is 2. The van der Waals surface area contributed by atoms with Gasteiger partial charge in [-0.15, -0.1) is 0 Å². The van der Waals surface area contributed by atoms with Crippen molar-refractivity contribution in [2.24, 2.45) is 5.92 Å². The van der Waals surface area contributed by atoms with Crippen LogP contribution in [0.1, 0.15) is 38.5 Å². The number of rotatable bonds is 4. The van der Waals surface area contributed by atoms with Gasteiger partial charge in [0, 0.05) is 6.42 Å². The highest BCUT2D eigenvalue weighted by Gasteiger charge is 2.34. The lowest BCUT2D eigenvalue weighted by atomic mass is 9.90. The Labute approximate surface area is 107 Å². The summed E-state index contributed by atoms with van der Waals surface area (Å²) in [6.45, 7) is 0.827. The van der Waals surface area contributed by atoms with Crippen LogP contribution >= 0.6 is 0 Å². The molecule has 5 heteroatoms. The molecule has 0 aromatic rings. The highest BCUT2D eigenvalue weighted by atomic mass is 16.6. The van der Waals surface area contributed by atoms with Crippen LogP contribution in [0.4, 0.5) is 0 Å². The lowest BCUT2D eigenvalue weighted by Gasteiger charge is -2.33. The Morgan fingerprint density at radius 2 is 2.00 bits per heavy atom. The van der Waals surface area contributed by atoms with Crippen molar-refractivity contribution < 1.29 is 24.5 Å². The number of aliphatic hydroxyl groups excluding tert-OH is 1. The van der Waals surface area contributed by atoms with Gasteiger partial charge in [0.1, 0.15) is 6.10 Å². The minimum atomic E-state index is -1.01. The Kier molecular flexibility index (Phi) is 4.97. The number of hydrogen-bond acceptors (Lipinski definition) is 4. The molecule has 1 aliphatic carbocycles. The van der Waals surface area contributed by atoms with E-state index >= 15 is 0 Å². The van der Waals surface area contributed by atoms with Gasteiger partial charge in [-0.25, -0.2) is 4.79 Å². The van der Waals surface area contributed by atoms with Crippen molar-refractivity contribution in [3.8, 4) is 0 Å². The largest absolute Gasteiger partial charge is 0.479 e. The Hall–Kier alpha value is -0.650. The average molecular weight is 258 g/mol. The molecule has 2 N–H and O–H groups in total. The van der Waals surface area contributed by atoms with E-state index in [1.54, 1.807) is 0 Å². The second kappa shape index (κ2) is 6.50. The maximum absolute atomic E-state index is 10.7. The molecule has 2 rings (SSSR count). The third-order valence-electron chi connectivity index (χ3n) is 3.89. The van der Waals surface area contributed by atoms with Crippen molar-refractivity contribution in [2.45, 2.75) is 56.8 Å². The second-order valence-electron chi connectivity index (χ2n) is 5.34. The maximum atomic E-state index is 10.7. The molecule has 0 spiro atoms. The smallest absolute Gasteiger partial charge is 0.332 e. The molecule has 0 radical (unpaired) electrons. The first kappa shape index (κ1) is 13.8. The summed E-state index contributed by atoms with van der Waals surface area (Å²) in [6, 6.07) is 0. The molecule has 2 fully saturated rings. The van der Waals surface area contributed by atoms with Crippen LogP contribution in [0.2, 0.25) is 0 Å². The van der Waals surface area contributed by atoms with Crippen molar-refractivity contribution >= 4 is 5.97 Å². The molecular formula is C13H22O5. The van der Waals surface area contributed by atoms with Crippen molar-refractivity contribution in [3.63, 3.8) is 0 Å². The van der Waals surface area contributed by atoms with E-state index in [1.807, 2.05) is 0 Å². The van der Waals surface area contributed by atoms with Gasteiger partial charge in [0.25, 0.3) is 0 Å². The predicted octanol–water partition coefficient (Wildman–Crippen LogP) is 1.19. The molecule has 5 nitrogen and oxygen atoms in total. The molecule has 0 amide bonds. The summed E-state index contributed by atoms with van der Waals surface area (Å²) in [5, 5.41) is 18.6. The zero-order valence-electron chi connectivity index (χ0n) is 10.6. The summed E-state index contributed by atoms with van der Waals surface area (Å²) in [5.41, 5.74) is 0. The van der Waals surface area contributed by atoms with Crippen LogP contribution in [0.15, 0.2) is 0 Å². The number of carbonyl (C=O) groups is 1. The summed E-state index contributed by atoms with van der Waals surface area (Å²) < 4.78 is 10.9. The number of hydrogen-bond donors (Lipinski definition) is 2. The fraction of sp³-hybridized carbons (Fsp3) is 0.923. The quantitative estimate of drug-likeness (QED) is 0.792. The summed E-state index contributed by atoms with van der Waals surface area (Å²) in [4.78, 5) is 10.7. The third-order valence-corrected chi connectivity index (χ3v) is 3.89. The average Bonchev–Trinajstić information content (AvgIpc) is 2.38. The molecule has 3 atom stereocenters. The predicted molar refractivity (Wildman–Crippen MR) is 64.3 cm³/mol. The Bertz CT molecular complexity index is 275. The summed E-state index contributed by atoms with van der Waals surface area (Å²) in [7, 11) is 0. The first-order valence-corrected chi connectivity index (χ1v) is 6.81. The van der Waals surface area contributed by atoms with Gasteiger partial charge in [-0.3, -0.25) is 0 Å². The van der Waals surface area contributed by atoms with Crippen molar-refractivity contribution in [1.29, 1.82) is 0 Å². The molecule has 2 unspecified atom stereocenters. The van der Waals surface area contributed by atoms with Crippen LogP contribution in [0.25, 0.3) is 0 Å². The molecular weight excluding hydrogens is 236 g/mol. The summed E-state index contributed by atoms with van der Waals surface area (Å²) in [6.07, 6.45) is 4.34. The molecule has 1 heterocycles. The number of carboxylic acid groups (broad SMARTS) is 1. The molecule has 1 aliphatic heterocycles. The van der Waals surface area contributed by atoms with E-state index in [4.69, 9.17) is 14.6 Å². The third kappa shape index (κ3) is 3.67. The van der Waals surface area contributed by atoms with Gasteiger partial charge in [-0.05, 0) is 18.8 Å². The standard InChI is InChI=1S/C13H22O5/c14-10-6-11(13(15)16)18-8-12(10)17-7-9-4-2-1-3-5-9/h9-12,14H,1-8H2,(H,15,16)/t10-,11?,12?/m1/s1. The lowest BCUT2D eigenvalue weighted by molar-refractivity contribution is -0.177. The molecule has 18 heavy (non-hydrogen) atoms. The number of aliphatic hydroxyl groups is 1. The van der Waals surface area contributed by atoms with E-state index < -0.39 is 18.2 Å². The van der Waals surface area contributed by atoms with Gasteiger partial charge >= 0.3 is 5.97 Å². The van der Waals surface area contributed by atoms with Crippen molar-refractivity contribution in [3.05, 3.63) is 0 Å².